The summed E-state index contributed by atoms with van der Waals surface area (Å²) in [5, 5.41) is 12.4. The maximum Gasteiger partial charge on any atom is 0.328 e. The van der Waals surface area contributed by atoms with Gasteiger partial charge in [0.05, 0.1) is 0 Å². The third-order valence-corrected chi connectivity index (χ3v) is 2.95. The van der Waals surface area contributed by atoms with Crippen LogP contribution in [0.2, 0.25) is 0 Å². The molecule has 0 saturated heterocycles. The van der Waals surface area contributed by atoms with Gasteiger partial charge in [-0.3, -0.25) is 9.59 Å². The van der Waals surface area contributed by atoms with Crippen molar-refractivity contribution in [3.05, 3.63) is 83.9 Å². The lowest BCUT2D eigenvalue weighted by atomic mass is 10.0. The van der Waals surface area contributed by atoms with E-state index in [0.29, 0.717) is 17.2 Å². The molecule has 2 aromatic carbocycles. The summed E-state index contributed by atoms with van der Waals surface area (Å²) in [5.74, 6) is -2.35. The van der Waals surface area contributed by atoms with Gasteiger partial charge in [-0.15, -0.1) is 0 Å². The first-order valence-corrected chi connectivity index (χ1v) is 7.02. The lowest BCUT2D eigenvalue weighted by Gasteiger charge is -2.06. The van der Waals surface area contributed by atoms with Crippen molar-refractivity contribution in [3.63, 3.8) is 0 Å². The maximum absolute atomic E-state index is 12.6. The summed E-state index contributed by atoms with van der Waals surface area (Å²) in [7, 11) is 0. The molecule has 0 unspecified atom stereocenters. The average Bonchev–Trinajstić information content (AvgIpc) is 2.61. The Hall–Kier alpha value is -3.54. The molecule has 0 fully saturated rings. The topological polar surface area (TPSA) is 95.8 Å². The van der Waals surface area contributed by atoms with Crippen LogP contribution in [0.25, 0.3) is 0 Å². The standard InChI is InChI=1S/C18H14N2O4/c21-15(11-12-16(22)23)19-20-17(13-7-3-1-4-8-13)18(24)14-9-5-2-6-10-14/h1-12H,(H,19,21)(H,22,23)/b12-11-,20-17+. The van der Waals surface area contributed by atoms with Crippen molar-refractivity contribution in [2.24, 2.45) is 5.10 Å². The van der Waals surface area contributed by atoms with Crippen molar-refractivity contribution in [3.8, 4) is 0 Å². The van der Waals surface area contributed by atoms with Crippen molar-refractivity contribution in [2.45, 2.75) is 0 Å². The number of ketones is 1. The van der Waals surface area contributed by atoms with E-state index in [0.717, 1.165) is 6.08 Å². The molecular formula is C18H14N2O4. The highest BCUT2D eigenvalue weighted by Gasteiger charge is 2.16. The van der Waals surface area contributed by atoms with Crippen LogP contribution in [0.5, 0.6) is 0 Å². The van der Waals surface area contributed by atoms with E-state index in [1.807, 2.05) is 0 Å². The smallest absolute Gasteiger partial charge is 0.328 e. The van der Waals surface area contributed by atoms with Gasteiger partial charge in [-0.2, -0.15) is 5.10 Å². The molecule has 0 aliphatic rings. The first-order chi connectivity index (χ1) is 11.6. The number of carboxylic acids is 1. The van der Waals surface area contributed by atoms with Crippen molar-refractivity contribution >= 4 is 23.4 Å². The fourth-order valence-corrected chi connectivity index (χ4v) is 1.86. The average molecular weight is 322 g/mol. The van der Waals surface area contributed by atoms with Crippen molar-refractivity contribution < 1.29 is 19.5 Å². The number of carbonyl (C=O) groups excluding carboxylic acids is 2. The van der Waals surface area contributed by atoms with Crippen molar-refractivity contribution in [2.75, 3.05) is 0 Å². The van der Waals surface area contributed by atoms with E-state index in [2.05, 4.69) is 10.5 Å². The summed E-state index contributed by atoms with van der Waals surface area (Å²) in [4.78, 5) is 34.6. The summed E-state index contributed by atoms with van der Waals surface area (Å²) >= 11 is 0. The maximum atomic E-state index is 12.6. The zero-order chi connectivity index (χ0) is 17.4. The van der Waals surface area contributed by atoms with E-state index < -0.39 is 11.9 Å². The summed E-state index contributed by atoms with van der Waals surface area (Å²) in [6, 6.07) is 17.2. The van der Waals surface area contributed by atoms with Crippen LogP contribution >= 0.6 is 0 Å². The number of amides is 1. The summed E-state index contributed by atoms with van der Waals surface area (Å²) in [6.45, 7) is 0. The zero-order valence-corrected chi connectivity index (χ0v) is 12.5. The molecule has 0 saturated carbocycles. The van der Waals surface area contributed by atoms with Crippen LogP contribution in [-0.4, -0.2) is 28.5 Å². The number of nitrogens with one attached hydrogen (secondary N) is 1. The molecule has 0 heterocycles. The molecular weight excluding hydrogens is 308 g/mol. The summed E-state index contributed by atoms with van der Waals surface area (Å²) < 4.78 is 0. The molecule has 2 N–H and O–H groups in total. The second kappa shape index (κ2) is 8.19. The second-order valence-corrected chi connectivity index (χ2v) is 4.67. The molecule has 2 rings (SSSR count). The van der Waals surface area contributed by atoms with Gasteiger partial charge in [-0.25, -0.2) is 10.2 Å². The Labute approximate surface area is 138 Å². The first-order valence-electron chi connectivity index (χ1n) is 7.02. The highest BCUT2D eigenvalue weighted by molar-refractivity contribution is 6.51. The monoisotopic (exact) mass is 322 g/mol. The number of rotatable bonds is 6. The number of Topliss-reactive ketones (excluding diaryl/α,β-unsaturated/α-hetero) is 1. The third-order valence-electron chi connectivity index (χ3n) is 2.95. The fraction of sp³-hybridized carbons (Fsp3) is 0. The lowest BCUT2D eigenvalue weighted by molar-refractivity contribution is -0.131. The van der Waals surface area contributed by atoms with Crippen molar-refractivity contribution in [1.29, 1.82) is 0 Å². The summed E-state index contributed by atoms with van der Waals surface area (Å²) in [5.41, 5.74) is 3.18. The van der Waals surface area contributed by atoms with Gasteiger partial charge in [0, 0.05) is 23.3 Å². The quantitative estimate of drug-likeness (QED) is 0.368. The van der Waals surface area contributed by atoms with Crippen LogP contribution in [0, 0.1) is 0 Å². The molecule has 6 heteroatoms. The largest absolute Gasteiger partial charge is 0.478 e. The number of benzene rings is 2. The molecule has 0 radical (unpaired) electrons. The Kier molecular flexibility index (Phi) is 5.74. The van der Waals surface area contributed by atoms with Gasteiger partial charge >= 0.3 is 5.97 Å². The number of carboxylic acid groups (broad SMARTS) is 1. The van der Waals surface area contributed by atoms with Crippen LogP contribution < -0.4 is 5.43 Å². The van der Waals surface area contributed by atoms with Crippen LogP contribution in [0.15, 0.2) is 77.9 Å². The molecule has 6 nitrogen and oxygen atoms in total. The van der Waals surface area contributed by atoms with Gasteiger partial charge in [0.15, 0.2) is 0 Å². The number of hydrazone groups is 1. The SMILES string of the molecule is O=C(O)/C=C\C(=O)N/N=C(/C(=O)c1ccccc1)c1ccccc1. The van der Waals surface area contributed by atoms with Gasteiger partial charge in [-0.1, -0.05) is 60.7 Å². The van der Waals surface area contributed by atoms with Gasteiger partial charge in [0.1, 0.15) is 5.71 Å². The predicted octanol–water partition coefficient (Wildman–Crippen LogP) is 2.03. The normalized spacial score (nSPS) is 11.2. The van der Waals surface area contributed by atoms with Crippen molar-refractivity contribution in [1.82, 2.24) is 5.43 Å². The molecule has 2 aromatic rings. The third kappa shape index (κ3) is 4.74. The molecule has 0 aliphatic carbocycles. The first kappa shape index (κ1) is 16.8. The lowest BCUT2D eigenvalue weighted by Crippen LogP contribution is -2.23. The Balaban J connectivity index is 2.30. The second-order valence-electron chi connectivity index (χ2n) is 4.67. The number of nitrogens with zero attached hydrogens (tertiary/aromatic N) is 1. The van der Waals surface area contributed by atoms with Crippen LogP contribution in [-0.2, 0) is 9.59 Å². The van der Waals surface area contributed by atoms with Gasteiger partial charge in [0.2, 0.25) is 5.78 Å². The van der Waals surface area contributed by atoms with Crippen LogP contribution in [0.4, 0.5) is 0 Å². The summed E-state index contributed by atoms with van der Waals surface area (Å²) in [6.07, 6.45) is 1.51. The van der Waals surface area contributed by atoms with E-state index in [-0.39, 0.29) is 11.5 Å². The van der Waals surface area contributed by atoms with Gasteiger partial charge < -0.3 is 5.11 Å². The van der Waals surface area contributed by atoms with E-state index >= 15 is 0 Å². The van der Waals surface area contributed by atoms with E-state index in [9.17, 15) is 14.4 Å². The minimum atomic E-state index is -1.25. The molecule has 24 heavy (non-hydrogen) atoms. The fourth-order valence-electron chi connectivity index (χ4n) is 1.86. The molecule has 0 spiro atoms. The van der Waals surface area contributed by atoms with E-state index in [1.54, 1.807) is 60.7 Å². The Bertz CT molecular complexity index is 796. The Morgan fingerprint density at radius 3 is 1.92 bits per heavy atom. The van der Waals surface area contributed by atoms with Gasteiger partial charge in [0.25, 0.3) is 5.91 Å². The highest BCUT2D eigenvalue weighted by atomic mass is 16.4. The Morgan fingerprint density at radius 2 is 1.38 bits per heavy atom. The molecule has 0 atom stereocenters. The number of hydrogen-bond acceptors (Lipinski definition) is 4. The molecule has 120 valence electrons. The van der Waals surface area contributed by atoms with E-state index in [1.165, 1.54) is 0 Å². The highest BCUT2D eigenvalue weighted by Crippen LogP contribution is 2.08. The van der Waals surface area contributed by atoms with E-state index in [4.69, 9.17) is 5.11 Å². The number of aliphatic carboxylic acids is 1. The minimum Gasteiger partial charge on any atom is -0.478 e. The number of hydrogen-bond donors (Lipinski definition) is 2. The molecule has 0 aliphatic heterocycles. The molecule has 0 aromatic heterocycles. The van der Waals surface area contributed by atoms with Crippen LogP contribution in [0.3, 0.4) is 0 Å². The zero-order valence-electron chi connectivity index (χ0n) is 12.5. The number of carbonyl (C=O) groups is 3. The molecule has 1 amide bonds. The minimum absolute atomic E-state index is 0.0545. The van der Waals surface area contributed by atoms with Crippen LogP contribution in [0.1, 0.15) is 15.9 Å². The Morgan fingerprint density at radius 1 is 0.833 bits per heavy atom. The van der Waals surface area contributed by atoms with Gasteiger partial charge in [-0.05, 0) is 0 Å². The predicted molar refractivity (Wildman–Crippen MR) is 88.7 cm³/mol. The molecule has 0 bridgehead atoms.